The van der Waals surface area contributed by atoms with Crippen LogP contribution in [0.4, 0.5) is 0 Å². The van der Waals surface area contributed by atoms with Gasteiger partial charge in [0.05, 0.1) is 30.0 Å². The number of ketones is 2. The van der Waals surface area contributed by atoms with E-state index in [-0.39, 0.29) is 23.9 Å². The highest BCUT2D eigenvalue weighted by Gasteiger charge is 2.44. The summed E-state index contributed by atoms with van der Waals surface area (Å²) in [4.78, 5) is 33.6. The fourth-order valence-electron chi connectivity index (χ4n) is 1.55. The lowest BCUT2D eigenvalue weighted by molar-refractivity contribution is -0.137. The van der Waals surface area contributed by atoms with Crippen molar-refractivity contribution in [3.05, 3.63) is 35.5 Å². The molecule has 0 amide bonds. The van der Waals surface area contributed by atoms with Crippen LogP contribution in [0.1, 0.15) is 41.5 Å². The van der Waals surface area contributed by atoms with Crippen molar-refractivity contribution >= 4 is 32.7 Å². The Morgan fingerprint density at radius 2 is 1.12 bits per heavy atom. The van der Waals surface area contributed by atoms with Gasteiger partial charge < -0.3 is 16.1 Å². The van der Waals surface area contributed by atoms with Crippen LogP contribution < -0.4 is 0 Å². The molecular weight excluding hydrogens is 331 g/mol. The first-order valence-corrected chi connectivity index (χ1v) is 8.78. The van der Waals surface area contributed by atoms with Crippen LogP contribution in [0.2, 0.25) is 0 Å². The van der Waals surface area contributed by atoms with Crippen LogP contribution in [-0.2, 0) is 30.5 Å². The van der Waals surface area contributed by atoms with E-state index in [4.69, 9.17) is 16.1 Å². The standard InChI is InChI=1S/C6H10O3.2C5H8O2.Al/c1-3-9-6(8)4-5(2)7;2*1-4(6)3-5(2)7;/h4,7H,3H2,1-2H3;2*3,6H,1-2H3;/q;;;+3/p-3. The number of ether oxygens (including phenoxy) is 1. The molecule has 0 aliphatic rings. The molecule has 0 spiro atoms. The molecule has 0 heterocycles. The molecule has 0 saturated heterocycles. The van der Waals surface area contributed by atoms with Crippen LogP contribution in [-0.4, -0.2) is 39.3 Å². The van der Waals surface area contributed by atoms with E-state index < -0.39 is 21.1 Å². The highest BCUT2D eigenvalue weighted by atomic mass is 27.3. The largest absolute Gasteiger partial charge is 1.20 e. The van der Waals surface area contributed by atoms with Gasteiger partial charge >= 0.3 is 21.1 Å². The van der Waals surface area contributed by atoms with Crippen molar-refractivity contribution in [2.45, 2.75) is 41.5 Å². The Balaban J connectivity index is 5.14. The van der Waals surface area contributed by atoms with Crippen molar-refractivity contribution in [2.24, 2.45) is 0 Å². The summed E-state index contributed by atoms with van der Waals surface area (Å²) in [6.07, 6.45) is 3.76. The van der Waals surface area contributed by atoms with Crippen molar-refractivity contribution < 1.29 is 30.5 Å². The van der Waals surface area contributed by atoms with E-state index in [1.807, 2.05) is 0 Å². The summed E-state index contributed by atoms with van der Waals surface area (Å²) in [7, 11) is 0. The van der Waals surface area contributed by atoms with Gasteiger partial charge in [-0.2, -0.15) is 0 Å². The summed E-state index contributed by atoms with van der Waals surface area (Å²) < 4.78 is 21.3. The summed E-state index contributed by atoms with van der Waals surface area (Å²) in [6, 6.07) is 0. The highest BCUT2D eigenvalue weighted by molar-refractivity contribution is 6.37. The molecule has 0 aromatic rings. The fraction of sp³-hybridized carbons (Fsp3) is 0.438. The van der Waals surface area contributed by atoms with Gasteiger partial charge in [-0.25, -0.2) is 4.79 Å². The highest BCUT2D eigenvalue weighted by Crippen LogP contribution is 2.11. The van der Waals surface area contributed by atoms with Crippen LogP contribution in [0.15, 0.2) is 35.5 Å². The number of allylic oxidation sites excluding steroid dienone is 5. The number of hydrogen-bond donors (Lipinski definition) is 0. The van der Waals surface area contributed by atoms with E-state index in [0.717, 1.165) is 0 Å². The van der Waals surface area contributed by atoms with Gasteiger partial charge in [-0.3, -0.25) is 9.59 Å². The van der Waals surface area contributed by atoms with Crippen LogP contribution in [0.25, 0.3) is 0 Å². The topological polar surface area (TPSA) is 88.1 Å². The van der Waals surface area contributed by atoms with Crippen molar-refractivity contribution in [3.63, 3.8) is 0 Å². The molecule has 0 rings (SSSR count). The predicted octanol–water partition coefficient (Wildman–Crippen LogP) is 2.47. The summed E-state index contributed by atoms with van der Waals surface area (Å²) in [6.45, 7) is 9.44. The molecule has 24 heavy (non-hydrogen) atoms. The maximum Gasteiger partial charge on any atom is 1.20 e. The van der Waals surface area contributed by atoms with Crippen LogP contribution in [0.3, 0.4) is 0 Å². The third kappa shape index (κ3) is 11.5. The second-order valence-electron chi connectivity index (χ2n) is 4.88. The summed E-state index contributed by atoms with van der Waals surface area (Å²) in [5.74, 6) is -0.0337. The van der Waals surface area contributed by atoms with Gasteiger partial charge in [-0.05, 0) is 41.5 Å². The van der Waals surface area contributed by atoms with E-state index in [0.29, 0.717) is 11.5 Å². The molecule has 0 fully saturated rings. The third-order valence-electron chi connectivity index (χ3n) is 2.27. The number of carbonyl (C=O) groups excluding carboxylic acids is 3. The Bertz CT molecular complexity index is 529. The Hall–Kier alpha value is -2.04. The van der Waals surface area contributed by atoms with E-state index in [9.17, 15) is 14.4 Å². The molecule has 0 aliphatic heterocycles. The van der Waals surface area contributed by atoms with Gasteiger partial charge in [0.2, 0.25) is 0 Å². The number of carbonyl (C=O) groups is 3. The maximum absolute atomic E-state index is 11.4. The van der Waals surface area contributed by atoms with Crippen molar-refractivity contribution in [3.8, 4) is 0 Å². The van der Waals surface area contributed by atoms with Gasteiger partial charge in [0.15, 0.2) is 11.6 Å². The Kier molecular flexibility index (Phi) is 10.5. The smallest absolute Gasteiger partial charge is 0.580 e. The maximum atomic E-state index is 11.4. The molecule has 132 valence electrons. The molecule has 0 saturated carbocycles. The Labute approximate surface area is 147 Å². The minimum Gasteiger partial charge on any atom is -0.580 e. The molecule has 0 atom stereocenters. The van der Waals surface area contributed by atoms with E-state index >= 15 is 0 Å². The second kappa shape index (κ2) is 11.5. The van der Waals surface area contributed by atoms with E-state index in [1.165, 1.54) is 32.1 Å². The Morgan fingerprint density at radius 1 is 0.750 bits per heavy atom. The molecule has 0 bridgehead atoms. The van der Waals surface area contributed by atoms with Gasteiger partial charge in [0, 0.05) is 12.2 Å². The molecule has 7 nitrogen and oxygen atoms in total. The van der Waals surface area contributed by atoms with Gasteiger partial charge in [-0.1, -0.05) is 0 Å². The van der Waals surface area contributed by atoms with Crippen molar-refractivity contribution in [1.29, 1.82) is 0 Å². The van der Waals surface area contributed by atoms with Crippen LogP contribution >= 0.6 is 0 Å². The first-order chi connectivity index (χ1) is 11.1. The van der Waals surface area contributed by atoms with Crippen molar-refractivity contribution in [1.82, 2.24) is 0 Å². The normalized spacial score (nSPS) is 12.3. The monoisotopic (exact) mass is 354 g/mol. The minimum atomic E-state index is -2.82. The first kappa shape index (κ1) is 22.0. The third-order valence-corrected chi connectivity index (χ3v) is 3.96. The zero-order valence-electron chi connectivity index (χ0n) is 14.9. The fourth-order valence-corrected chi connectivity index (χ4v) is 2.81. The quantitative estimate of drug-likeness (QED) is 0.258. The van der Waals surface area contributed by atoms with Gasteiger partial charge in [0.1, 0.15) is 0 Å². The molecule has 0 aromatic heterocycles. The van der Waals surface area contributed by atoms with Gasteiger partial charge in [-0.15, -0.1) is 0 Å². The van der Waals surface area contributed by atoms with E-state index in [2.05, 4.69) is 0 Å². The molecule has 0 aliphatic carbocycles. The number of hydrogen-bond acceptors (Lipinski definition) is 7. The minimum absolute atomic E-state index is 0.185. The average molecular weight is 354 g/mol. The summed E-state index contributed by atoms with van der Waals surface area (Å²) in [5.41, 5.74) is 0. The van der Waals surface area contributed by atoms with Crippen LogP contribution in [0.5, 0.6) is 0 Å². The lowest BCUT2D eigenvalue weighted by Gasteiger charge is -2.17. The Morgan fingerprint density at radius 3 is 1.46 bits per heavy atom. The van der Waals surface area contributed by atoms with Gasteiger partial charge in [0.25, 0.3) is 0 Å². The summed E-state index contributed by atoms with van der Waals surface area (Å²) >= 11 is -2.82. The molecule has 0 aromatic carbocycles. The zero-order chi connectivity index (χ0) is 18.7. The average Bonchev–Trinajstić information content (AvgIpc) is 2.35. The number of esters is 1. The zero-order valence-corrected chi connectivity index (χ0v) is 16.0. The molecule has 0 unspecified atom stereocenters. The molecule has 0 radical (unpaired) electrons. The molecule has 8 heteroatoms. The predicted molar refractivity (Wildman–Crippen MR) is 88.3 cm³/mol. The van der Waals surface area contributed by atoms with Crippen molar-refractivity contribution in [2.75, 3.05) is 6.61 Å². The number of rotatable bonds is 10. The molecule has 0 N–H and O–H groups in total. The lowest BCUT2D eigenvalue weighted by Crippen LogP contribution is -2.26. The lowest BCUT2D eigenvalue weighted by atomic mass is 10.4. The molecular formula is C16H23AlO7. The van der Waals surface area contributed by atoms with E-state index in [1.54, 1.807) is 27.7 Å². The van der Waals surface area contributed by atoms with Crippen LogP contribution in [0, 0.1) is 0 Å². The SMILES string of the molecule is CCOC(=O)C=C(C)[O][Al]([O]C(C)=CC(C)=O)[O]C(C)=CC(C)=O. The second-order valence-corrected chi connectivity index (χ2v) is 6.16. The summed E-state index contributed by atoms with van der Waals surface area (Å²) in [5, 5.41) is 0. The first-order valence-electron chi connectivity index (χ1n) is 7.36.